The summed E-state index contributed by atoms with van der Waals surface area (Å²) < 4.78 is 36.1. The molecule has 1 heterocycles. The van der Waals surface area contributed by atoms with Crippen LogP contribution in [0.2, 0.25) is 10.0 Å². The highest BCUT2D eigenvalue weighted by Gasteiger charge is 2.35. The van der Waals surface area contributed by atoms with Gasteiger partial charge in [-0.15, -0.1) is 0 Å². The van der Waals surface area contributed by atoms with Crippen molar-refractivity contribution in [3.05, 3.63) is 52.0 Å². The lowest BCUT2D eigenvalue weighted by Crippen LogP contribution is -2.48. The summed E-state index contributed by atoms with van der Waals surface area (Å²) in [5, 5.41) is 3.06. The molecular weight excluding hydrogens is 455 g/mol. The van der Waals surface area contributed by atoms with Crippen molar-refractivity contribution in [3.8, 4) is 5.75 Å². The summed E-state index contributed by atoms with van der Waals surface area (Å²) in [6.07, 6.45) is -0.0804. The maximum absolute atomic E-state index is 12.7. The third-order valence-corrected chi connectivity index (χ3v) is 5.91. The molecule has 1 aliphatic rings. The van der Waals surface area contributed by atoms with Gasteiger partial charge in [-0.05, 0) is 43.3 Å². The molecule has 2 aromatic carbocycles. The summed E-state index contributed by atoms with van der Waals surface area (Å²) in [7, 11) is -3.68. The number of fused-ring (bicyclic) bond motifs is 1. The number of esters is 1. The number of rotatable bonds is 5. The predicted molar refractivity (Wildman–Crippen MR) is 114 cm³/mol. The van der Waals surface area contributed by atoms with Gasteiger partial charge in [-0.1, -0.05) is 23.2 Å². The fourth-order valence-electron chi connectivity index (χ4n) is 2.87. The maximum Gasteiger partial charge on any atom is 0.339 e. The van der Waals surface area contributed by atoms with Crippen LogP contribution in [-0.4, -0.2) is 45.8 Å². The minimum atomic E-state index is -3.68. The second kappa shape index (κ2) is 8.71. The van der Waals surface area contributed by atoms with Crippen LogP contribution in [0, 0.1) is 0 Å². The number of nitrogens with one attached hydrogen (secondary N) is 1. The van der Waals surface area contributed by atoms with Crippen molar-refractivity contribution in [2.24, 2.45) is 0 Å². The molecule has 1 amide bonds. The van der Waals surface area contributed by atoms with Gasteiger partial charge in [-0.25, -0.2) is 13.2 Å². The normalized spacial score (nSPS) is 15.7. The van der Waals surface area contributed by atoms with Crippen molar-refractivity contribution >= 4 is 56.5 Å². The zero-order valence-electron chi connectivity index (χ0n) is 16.0. The van der Waals surface area contributed by atoms with Crippen molar-refractivity contribution in [1.29, 1.82) is 0 Å². The topological polar surface area (TPSA) is 102 Å². The van der Waals surface area contributed by atoms with E-state index in [1.807, 2.05) is 0 Å². The lowest BCUT2D eigenvalue weighted by molar-refractivity contribution is -0.122. The van der Waals surface area contributed by atoms with E-state index in [1.54, 1.807) is 6.92 Å². The number of benzene rings is 2. The number of carbonyl (C=O) groups is 2. The first-order valence-electron chi connectivity index (χ1n) is 8.81. The molecule has 8 nitrogen and oxygen atoms in total. The van der Waals surface area contributed by atoms with Crippen LogP contribution in [0.4, 0.5) is 11.4 Å². The number of carbonyl (C=O) groups excluding carboxylic acids is 2. The van der Waals surface area contributed by atoms with Crippen molar-refractivity contribution in [2.75, 3.05) is 29.0 Å². The maximum atomic E-state index is 12.7. The summed E-state index contributed by atoms with van der Waals surface area (Å²) >= 11 is 12.1. The van der Waals surface area contributed by atoms with Gasteiger partial charge < -0.3 is 14.8 Å². The molecule has 0 fully saturated rings. The number of hydrogen-bond acceptors (Lipinski definition) is 6. The van der Waals surface area contributed by atoms with Gasteiger partial charge in [0.1, 0.15) is 5.75 Å². The van der Waals surface area contributed by atoms with E-state index in [1.165, 1.54) is 36.4 Å². The Balaban J connectivity index is 1.81. The molecule has 1 N–H and O–H groups in total. The lowest BCUT2D eigenvalue weighted by atomic mass is 10.2. The van der Waals surface area contributed by atoms with E-state index in [4.69, 9.17) is 32.7 Å². The molecule has 1 atom stereocenters. The molecule has 0 aliphatic carbocycles. The zero-order chi connectivity index (χ0) is 22.1. The van der Waals surface area contributed by atoms with E-state index in [0.717, 1.165) is 10.6 Å². The quantitative estimate of drug-likeness (QED) is 0.669. The molecule has 2 aromatic rings. The van der Waals surface area contributed by atoms with Crippen molar-refractivity contribution in [3.63, 3.8) is 0 Å². The number of sulfonamides is 1. The van der Waals surface area contributed by atoms with Gasteiger partial charge in [0.25, 0.3) is 5.91 Å². The molecule has 11 heteroatoms. The molecule has 0 saturated carbocycles. The second-order valence-corrected chi connectivity index (χ2v) is 9.17. The number of amides is 1. The fraction of sp³-hybridized carbons (Fsp3) is 0.263. The Hall–Kier alpha value is -2.49. The Kier molecular flexibility index (Phi) is 6.44. The van der Waals surface area contributed by atoms with E-state index in [2.05, 4.69) is 5.32 Å². The first kappa shape index (κ1) is 22.2. The van der Waals surface area contributed by atoms with E-state index >= 15 is 0 Å². The number of nitrogens with zero attached hydrogens (tertiary/aromatic N) is 1. The summed E-state index contributed by atoms with van der Waals surface area (Å²) in [4.78, 5) is 24.6. The van der Waals surface area contributed by atoms with Crippen LogP contribution in [0.25, 0.3) is 0 Å². The molecule has 160 valence electrons. The van der Waals surface area contributed by atoms with Crippen LogP contribution in [0.1, 0.15) is 17.3 Å². The summed E-state index contributed by atoms with van der Waals surface area (Å²) in [5.41, 5.74) is 0.741. The van der Waals surface area contributed by atoms with Gasteiger partial charge in [0, 0.05) is 10.7 Å². The van der Waals surface area contributed by atoms with Gasteiger partial charge in [0.15, 0.2) is 6.10 Å². The molecular formula is C19H18Cl2N2O6S. The smallest absolute Gasteiger partial charge is 0.339 e. The minimum absolute atomic E-state index is 0.105. The first-order valence-corrected chi connectivity index (χ1v) is 11.4. The van der Waals surface area contributed by atoms with Gasteiger partial charge in [0.2, 0.25) is 10.0 Å². The molecule has 0 saturated heterocycles. The summed E-state index contributed by atoms with van der Waals surface area (Å²) in [6, 6.07) is 8.81. The van der Waals surface area contributed by atoms with Crippen molar-refractivity contribution in [2.45, 2.75) is 13.0 Å². The van der Waals surface area contributed by atoms with Gasteiger partial charge in [-0.2, -0.15) is 0 Å². The third-order valence-electron chi connectivity index (χ3n) is 4.22. The van der Waals surface area contributed by atoms with Crippen LogP contribution >= 0.6 is 23.2 Å². The standard InChI is InChI=1S/C19H18Cl2N2O6S/c1-3-28-19(25)13-6-5-12(9-14(13)21)22-18(24)17-10-23(30(2,26)27)15-8-11(20)4-7-16(15)29-17/h4-9,17H,3,10H2,1-2H3,(H,22,24)/t17-/m1/s1. The molecule has 0 bridgehead atoms. The van der Waals surface area contributed by atoms with Crippen molar-refractivity contribution < 1.29 is 27.5 Å². The van der Waals surface area contributed by atoms with E-state index < -0.39 is 28.0 Å². The third kappa shape index (κ3) is 4.80. The SMILES string of the molecule is CCOC(=O)c1ccc(NC(=O)[C@H]2CN(S(C)(=O)=O)c3cc(Cl)ccc3O2)cc1Cl. The average Bonchev–Trinajstić information content (AvgIpc) is 2.66. The highest BCUT2D eigenvalue weighted by molar-refractivity contribution is 7.92. The molecule has 0 aromatic heterocycles. The summed E-state index contributed by atoms with van der Waals surface area (Å²) in [5.74, 6) is -0.939. The highest BCUT2D eigenvalue weighted by Crippen LogP contribution is 2.37. The summed E-state index contributed by atoms with van der Waals surface area (Å²) in [6.45, 7) is 1.65. The van der Waals surface area contributed by atoms with Crippen LogP contribution in [0.15, 0.2) is 36.4 Å². The molecule has 30 heavy (non-hydrogen) atoms. The lowest BCUT2D eigenvalue weighted by Gasteiger charge is -2.34. The Labute approximate surface area is 183 Å². The van der Waals surface area contributed by atoms with Gasteiger partial charge in [-0.3, -0.25) is 9.10 Å². The monoisotopic (exact) mass is 472 g/mol. The Morgan fingerprint density at radius 3 is 2.60 bits per heavy atom. The molecule has 0 radical (unpaired) electrons. The Bertz CT molecular complexity index is 1110. The molecule has 1 aliphatic heterocycles. The van der Waals surface area contributed by atoms with E-state index in [9.17, 15) is 18.0 Å². The van der Waals surface area contributed by atoms with Gasteiger partial charge in [0.05, 0.1) is 35.7 Å². The zero-order valence-corrected chi connectivity index (χ0v) is 18.3. The van der Waals surface area contributed by atoms with Crippen LogP contribution < -0.4 is 14.4 Å². The minimum Gasteiger partial charge on any atom is -0.476 e. The predicted octanol–water partition coefficient (Wildman–Crippen LogP) is 3.34. The van der Waals surface area contributed by atoms with Gasteiger partial charge >= 0.3 is 5.97 Å². The molecule has 0 unspecified atom stereocenters. The number of halogens is 2. The van der Waals surface area contributed by atoms with E-state index in [-0.39, 0.29) is 35.2 Å². The first-order chi connectivity index (χ1) is 14.1. The highest BCUT2D eigenvalue weighted by atomic mass is 35.5. The van der Waals surface area contributed by atoms with Crippen molar-refractivity contribution in [1.82, 2.24) is 0 Å². The second-order valence-electron chi connectivity index (χ2n) is 6.42. The Morgan fingerprint density at radius 2 is 1.97 bits per heavy atom. The Morgan fingerprint density at radius 1 is 1.23 bits per heavy atom. The average molecular weight is 473 g/mol. The fourth-order valence-corrected chi connectivity index (χ4v) is 4.20. The molecule has 0 spiro atoms. The van der Waals surface area contributed by atoms with Crippen LogP contribution in [0.3, 0.4) is 0 Å². The number of hydrogen-bond donors (Lipinski definition) is 1. The number of anilines is 2. The van der Waals surface area contributed by atoms with Crippen LogP contribution in [-0.2, 0) is 19.6 Å². The number of ether oxygens (including phenoxy) is 2. The largest absolute Gasteiger partial charge is 0.476 e. The van der Waals surface area contributed by atoms with Crippen LogP contribution in [0.5, 0.6) is 5.75 Å². The van der Waals surface area contributed by atoms with E-state index in [0.29, 0.717) is 10.7 Å². The molecule has 3 rings (SSSR count).